The largest absolute Gasteiger partial charge is 0.326 e. The number of fused-ring (bicyclic) bond motifs is 1. The first-order valence-corrected chi connectivity index (χ1v) is 6.50. The van der Waals surface area contributed by atoms with Gasteiger partial charge >= 0.3 is 0 Å². The van der Waals surface area contributed by atoms with Crippen LogP contribution in [0.25, 0.3) is 0 Å². The normalized spacial score (nSPS) is 17.5. The molecule has 2 rings (SSSR count). The fourth-order valence-corrected chi connectivity index (χ4v) is 2.16. The maximum atomic E-state index is 11.9. The summed E-state index contributed by atoms with van der Waals surface area (Å²) < 4.78 is 0. The van der Waals surface area contributed by atoms with Gasteiger partial charge in [-0.15, -0.1) is 0 Å². The molecule has 5 heteroatoms. The SMILES string of the molecule is CCONC(=O)CCC1Cc2ccccc2NC1=O. The number of carbonyl (C=O) groups excluding carboxylic acids is 2. The topological polar surface area (TPSA) is 67.4 Å². The molecule has 1 aromatic carbocycles. The zero-order valence-electron chi connectivity index (χ0n) is 10.9. The fraction of sp³-hybridized carbons (Fsp3) is 0.429. The molecule has 1 aromatic rings. The monoisotopic (exact) mass is 262 g/mol. The van der Waals surface area contributed by atoms with Gasteiger partial charge in [0.1, 0.15) is 0 Å². The maximum absolute atomic E-state index is 11.9. The molecule has 1 aliphatic rings. The van der Waals surface area contributed by atoms with Gasteiger partial charge in [0.05, 0.1) is 6.61 Å². The summed E-state index contributed by atoms with van der Waals surface area (Å²) in [5.41, 5.74) is 4.34. The second-order valence-electron chi connectivity index (χ2n) is 4.54. The molecule has 102 valence electrons. The summed E-state index contributed by atoms with van der Waals surface area (Å²) >= 11 is 0. The first-order chi connectivity index (χ1) is 9.20. The highest BCUT2D eigenvalue weighted by atomic mass is 16.6. The molecule has 5 nitrogen and oxygen atoms in total. The first kappa shape index (κ1) is 13.5. The average Bonchev–Trinajstić information content (AvgIpc) is 2.42. The molecule has 0 bridgehead atoms. The Morgan fingerprint density at radius 1 is 1.47 bits per heavy atom. The predicted molar refractivity (Wildman–Crippen MR) is 71.3 cm³/mol. The zero-order valence-corrected chi connectivity index (χ0v) is 10.9. The number of hydrogen-bond acceptors (Lipinski definition) is 3. The molecule has 0 saturated heterocycles. The van der Waals surface area contributed by atoms with Crippen LogP contribution in [0.3, 0.4) is 0 Å². The summed E-state index contributed by atoms with van der Waals surface area (Å²) in [7, 11) is 0. The standard InChI is InChI=1S/C14H18N2O3/c1-2-19-16-13(17)8-7-11-9-10-5-3-4-6-12(10)15-14(11)18/h3-6,11H,2,7-9H2,1H3,(H,15,18)(H,16,17). The predicted octanol–water partition coefficient (Wildman–Crippen LogP) is 1.65. The van der Waals surface area contributed by atoms with Crippen molar-refractivity contribution in [2.45, 2.75) is 26.2 Å². The highest BCUT2D eigenvalue weighted by Crippen LogP contribution is 2.27. The lowest BCUT2D eigenvalue weighted by Gasteiger charge is -2.24. The van der Waals surface area contributed by atoms with Gasteiger partial charge in [0.25, 0.3) is 0 Å². The molecule has 1 aliphatic heterocycles. The summed E-state index contributed by atoms with van der Waals surface area (Å²) in [6.45, 7) is 2.23. The molecule has 0 saturated carbocycles. The zero-order chi connectivity index (χ0) is 13.7. The number of nitrogens with one attached hydrogen (secondary N) is 2. The highest BCUT2D eigenvalue weighted by molar-refractivity contribution is 5.95. The Morgan fingerprint density at radius 3 is 3.05 bits per heavy atom. The molecule has 19 heavy (non-hydrogen) atoms. The number of amides is 2. The fourth-order valence-electron chi connectivity index (χ4n) is 2.16. The third-order valence-electron chi connectivity index (χ3n) is 3.16. The van der Waals surface area contributed by atoms with Gasteiger partial charge < -0.3 is 5.32 Å². The Hall–Kier alpha value is -1.88. The van der Waals surface area contributed by atoms with E-state index in [9.17, 15) is 9.59 Å². The lowest BCUT2D eigenvalue weighted by molar-refractivity contribution is -0.133. The molecular weight excluding hydrogens is 244 g/mol. The third-order valence-corrected chi connectivity index (χ3v) is 3.16. The minimum atomic E-state index is -0.187. The minimum Gasteiger partial charge on any atom is -0.326 e. The number of anilines is 1. The maximum Gasteiger partial charge on any atom is 0.243 e. The van der Waals surface area contributed by atoms with Crippen molar-refractivity contribution < 1.29 is 14.4 Å². The van der Waals surface area contributed by atoms with Gasteiger partial charge in [0.15, 0.2) is 0 Å². The van der Waals surface area contributed by atoms with Crippen LogP contribution in [0.1, 0.15) is 25.3 Å². The van der Waals surface area contributed by atoms with E-state index in [2.05, 4.69) is 10.8 Å². The third kappa shape index (κ3) is 3.54. The molecule has 0 aliphatic carbocycles. The van der Waals surface area contributed by atoms with Crippen LogP contribution in [0.2, 0.25) is 0 Å². The molecule has 0 radical (unpaired) electrons. The molecule has 0 spiro atoms. The van der Waals surface area contributed by atoms with Gasteiger partial charge in [-0.1, -0.05) is 18.2 Å². The Bertz CT molecular complexity index is 474. The van der Waals surface area contributed by atoms with Crippen LogP contribution in [0.4, 0.5) is 5.69 Å². The lowest BCUT2D eigenvalue weighted by Crippen LogP contribution is -2.31. The molecule has 0 aromatic heterocycles. The highest BCUT2D eigenvalue weighted by Gasteiger charge is 2.26. The minimum absolute atomic E-state index is 0.0112. The van der Waals surface area contributed by atoms with Gasteiger partial charge in [0, 0.05) is 18.0 Å². The van der Waals surface area contributed by atoms with Crippen LogP contribution in [0.5, 0.6) is 0 Å². The molecule has 1 atom stereocenters. The van der Waals surface area contributed by atoms with E-state index in [1.165, 1.54) is 0 Å². The van der Waals surface area contributed by atoms with Crippen molar-refractivity contribution in [2.24, 2.45) is 5.92 Å². The van der Waals surface area contributed by atoms with Gasteiger partial charge in [-0.2, -0.15) is 0 Å². The molecule has 2 amide bonds. The van der Waals surface area contributed by atoms with Gasteiger partial charge in [-0.05, 0) is 31.4 Å². The molecule has 1 heterocycles. The summed E-state index contributed by atoms with van der Waals surface area (Å²) in [6.07, 6.45) is 1.50. The van der Waals surface area contributed by atoms with E-state index in [-0.39, 0.29) is 17.7 Å². The lowest BCUT2D eigenvalue weighted by atomic mass is 9.90. The quantitative estimate of drug-likeness (QED) is 0.793. The Balaban J connectivity index is 1.89. The van der Waals surface area contributed by atoms with Crippen molar-refractivity contribution in [1.29, 1.82) is 0 Å². The van der Waals surface area contributed by atoms with Crippen LogP contribution in [-0.2, 0) is 20.8 Å². The van der Waals surface area contributed by atoms with Crippen molar-refractivity contribution in [3.8, 4) is 0 Å². The number of benzene rings is 1. The van der Waals surface area contributed by atoms with Crippen molar-refractivity contribution in [3.05, 3.63) is 29.8 Å². The summed E-state index contributed by atoms with van der Waals surface area (Å²) in [4.78, 5) is 28.2. The first-order valence-electron chi connectivity index (χ1n) is 6.50. The Morgan fingerprint density at radius 2 is 2.26 bits per heavy atom. The molecular formula is C14H18N2O3. The Kier molecular flexibility index (Phi) is 4.52. The van der Waals surface area contributed by atoms with E-state index in [4.69, 9.17) is 4.84 Å². The van der Waals surface area contributed by atoms with Gasteiger partial charge in [0.2, 0.25) is 11.8 Å². The molecule has 2 N–H and O–H groups in total. The van der Waals surface area contributed by atoms with Crippen LogP contribution in [0.15, 0.2) is 24.3 Å². The smallest absolute Gasteiger partial charge is 0.243 e. The average molecular weight is 262 g/mol. The number of rotatable bonds is 5. The summed E-state index contributed by atoms with van der Waals surface area (Å²) in [5, 5.41) is 2.87. The Labute approximate surface area is 112 Å². The van der Waals surface area contributed by atoms with E-state index in [0.29, 0.717) is 25.9 Å². The van der Waals surface area contributed by atoms with E-state index < -0.39 is 0 Å². The number of para-hydroxylation sites is 1. The second kappa shape index (κ2) is 6.33. The van der Waals surface area contributed by atoms with E-state index in [0.717, 1.165) is 11.3 Å². The van der Waals surface area contributed by atoms with Gasteiger partial charge in [-0.25, -0.2) is 5.48 Å². The van der Waals surface area contributed by atoms with Crippen LogP contribution >= 0.6 is 0 Å². The van der Waals surface area contributed by atoms with Crippen molar-refractivity contribution in [1.82, 2.24) is 5.48 Å². The summed E-state index contributed by atoms with van der Waals surface area (Å²) in [6, 6.07) is 7.75. The van der Waals surface area contributed by atoms with Crippen LogP contribution in [-0.4, -0.2) is 18.4 Å². The number of hydroxylamine groups is 1. The number of carbonyl (C=O) groups is 2. The van der Waals surface area contributed by atoms with E-state index >= 15 is 0 Å². The molecule has 0 fully saturated rings. The number of hydrogen-bond donors (Lipinski definition) is 2. The second-order valence-corrected chi connectivity index (χ2v) is 4.54. The van der Waals surface area contributed by atoms with Crippen molar-refractivity contribution in [3.63, 3.8) is 0 Å². The van der Waals surface area contributed by atoms with Crippen molar-refractivity contribution >= 4 is 17.5 Å². The van der Waals surface area contributed by atoms with Crippen LogP contribution < -0.4 is 10.8 Å². The van der Waals surface area contributed by atoms with Crippen molar-refractivity contribution in [2.75, 3.05) is 11.9 Å². The summed E-state index contributed by atoms with van der Waals surface area (Å²) in [5.74, 6) is -0.348. The molecule has 1 unspecified atom stereocenters. The van der Waals surface area contributed by atoms with Gasteiger partial charge in [-0.3, -0.25) is 14.4 Å². The van der Waals surface area contributed by atoms with Crippen LogP contribution in [0, 0.1) is 5.92 Å². The van der Waals surface area contributed by atoms with E-state index in [1.807, 2.05) is 24.3 Å². The van der Waals surface area contributed by atoms with E-state index in [1.54, 1.807) is 6.92 Å².